The smallest absolute Gasteiger partial charge is 0.417 e. The van der Waals surface area contributed by atoms with Crippen LogP contribution in [0.3, 0.4) is 0 Å². The molecule has 0 saturated carbocycles. The number of carboxylic acid groups (broad SMARTS) is 1. The van der Waals surface area contributed by atoms with Crippen LogP contribution in [-0.4, -0.2) is 72.3 Å². The molecular weight excluding hydrogens is 529 g/mol. The van der Waals surface area contributed by atoms with E-state index in [1.54, 1.807) is 18.2 Å². The fourth-order valence-electron chi connectivity index (χ4n) is 4.04. The van der Waals surface area contributed by atoms with E-state index in [1.807, 2.05) is 0 Å². The highest BCUT2D eigenvalue weighted by atomic mass is 32.2. The summed E-state index contributed by atoms with van der Waals surface area (Å²) in [6, 6.07) is 7.51. The standard InChI is InChI=1S/C25H23F3N2O7S/c1-35-24(34)30-10-9-29(14-19(30)23(32)33)22(31)7-3-15-2-6-21(18(12-15)25(26,27)28)38-17-4-5-20-16(13-17)8-11-36-37-20/h2-7,12-13,19H,8-11,14H2,1H3,(H,32,33). The number of carbonyl (C=O) groups excluding carboxylic acids is 2. The molecule has 0 aromatic heterocycles. The van der Waals surface area contributed by atoms with Gasteiger partial charge in [0.15, 0.2) is 11.8 Å². The number of amides is 2. The van der Waals surface area contributed by atoms with Gasteiger partial charge in [0.05, 0.1) is 25.8 Å². The number of carboxylic acids is 1. The van der Waals surface area contributed by atoms with Crippen molar-refractivity contribution >= 4 is 35.8 Å². The first-order chi connectivity index (χ1) is 18.1. The van der Waals surface area contributed by atoms with Gasteiger partial charge in [0, 0.05) is 40.9 Å². The normalized spacial score (nSPS) is 17.6. The molecule has 2 aliphatic heterocycles. The van der Waals surface area contributed by atoms with Crippen molar-refractivity contribution < 1.29 is 47.2 Å². The zero-order valence-electron chi connectivity index (χ0n) is 20.1. The lowest BCUT2D eigenvalue weighted by molar-refractivity contribution is -0.215. The van der Waals surface area contributed by atoms with Crippen molar-refractivity contribution in [2.75, 3.05) is 33.4 Å². The molecule has 0 radical (unpaired) electrons. The van der Waals surface area contributed by atoms with E-state index in [4.69, 9.17) is 9.78 Å². The van der Waals surface area contributed by atoms with Gasteiger partial charge in [-0.2, -0.15) is 18.1 Å². The third-order valence-corrected chi connectivity index (χ3v) is 7.04. The molecule has 1 atom stereocenters. The molecule has 202 valence electrons. The Hall–Kier alpha value is -3.71. The Labute approximate surface area is 219 Å². The number of hydrogen-bond acceptors (Lipinski definition) is 7. The van der Waals surface area contributed by atoms with Crippen molar-refractivity contribution in [2.24, 2.45) is 0 Å². The molecule has 2 aromatic rings. The highest BCUT2D eigenvalue weighted by molar-refractivity contribution is 7.99. The largest absolute Gasteiger partial charge is 0.480 e. The minimum atomic E-state index is -4.64. The molecule has 13 heteroatoms. The summed E-state index contributed by atoms with van der Waals surface area (Å²) in [7, 11) is 1.12. The van der Waals surface area contributed by atoms with E-state index in [2.05, 4.69) is 4.74 Å². The van der Waals surface area contributed by atoms with E-state index in [0.717, 1.165) is 41.5 Å². The Morgan fingerprint density at radius 1 is 1.16 bits per heavy atom. The molecular formula is C25H23F3N2O7S. The Morgan fingerprint density at radius 2 is 1.95 bits per heavy atom. The second kappa shape index (κ2) is 11.4. The number of hydrogen-bond donors (Lipinski definition) is 1. The lowest BCUT2D eigenvalue weighted by atomic mass is 10.1. The number of rotatable bonds is 5. The summed E-state index contributed by atoms with van der Waals surface area (Å²) in [4.78, 5) is 48.8. The van der Waals surface area contributed by atoms with Crippen LogP contribution < -0.4 is 4.89 Å². The summed E-state index contributed by atoms with van der Waals surface area (Å²) in [6.07, 6.45) is -2.56. The molecule has 4 rings (SSSR count). The van der Waals surface area contributed by atoms with Crippen molar-refractivity contribution in [2.45, 2.75) is 28.4 Å². The molecule has 2 heterocycles. The Kier molecular flexibility index (Phi) is 8.17. The number of fused-ring (bicyclic) bond motifs is 1. The number of ether oxygens (including phenoxy) is 1. The van der Waals surface area contributed by atoms with Crippen molar-refractivity contribution in [1.29, 1.82) is 0 Å². The number of alkyl halides is 3. The number of carbonyl (C=O) groups is 3. The van der Waals surface area contributed by atoms with Crippen molar-refractivity contribution in [3.05, 3.63) is 59.2 Å². The molecule has 2 aromatic carbocycles. The van der Waals surface area contributed by atoms with Gasteiger partial charge in [-0.3, -0.25) is 9.69 Å². The lowest BCUT2D eigenvalue weighted by Gasteiger charge is -2.37. The van der Waals surface area contributed by atoms with Crippen LogP contribution in [0.4, 0.5) is 18.0 Å². The Balaban J connectivity index is 1.50. The Bertz CT molecular complexity index is 1270. The van der Waals surface area contributed by atoms with Gasteiger partial charge < -0.3 is 19.6 Å². The van der Waals surface area contributed by atoms with Crippen LogP contribution in [0, 0.1) is 0 Å². The average molecular weight is 553 g/mol. The average Bonchev–Trinajstić information content (AvgIpc) is 2.90. The first-order valence-corrected chi connectivity index (χ1v) is 12.2. The SMILES string of the molecule is COC(=O)N1CCN(C(=O)C=Cc2ccc(Sc3ccc4c(c3)CCOO4)c(C(F)(F)F)c2)CC1C(=O)O. The van der Waals surface area contributed by atoms with E-state index in [-0.39, 0.29) is 30.1 Å². The van der Waals surface area contributed by atoms with Crippen LogP contribution in [-0.2, 0) is 31.8 Å². The fourth-order valence-corrected chi connectivity index (χ4v) is 5.06. The maximum atomic E-state index is 13.9. The predicted octanol–water partition coefficient (Wildman–Crippen LogP) is 4.10. The van der Waals surface area contributed by atoms with E-state index in [0.29, 0.717) is 23.7 Å². The van der Waals surface area contributed by atoms with Crippen LogP contribution in [0.2, 0.25) is 0 Å². The number of nitrogens with zero attached hydrogens (tertiary/aromatic N) is 2. The van der Waals surface area contributed by atoms with E-state index in [1.165, 1.54) is 23.1 Å². The van der Waals surface area contributed by atoms with Gasteiger partial charge in [0.25, 0.3) is 0 Å². The molecule has 0 bridgehead atoms. The summed E-state index contributed by atoms with van der Waals surface area (Å²) in [5, 5.41) is 9.43. The van der Waals surface area contributed by atoms with Crippen LogP contribution in [0.1, 0.15) is 16.7 Å². The van der Waals surface area contributed by atoms with Gasteiger partial charge in [0.2, 0.25) is 5.91 Å². The third-order valence-electron chi connectivity index (χ3n) is 5.98. The van der Waals surface area contributed by atoms with Gasteiger partial charge in [-0.25, -0.2) is 9.59 Å². The molecule has 1 N–H and O–H groups in total. The van der Waals surface area contributed by atoms with E-state index >= 15 is 0 Å². The van der Waals surface area contributed by atoms with Crippen LogP contribution in [0.5, 0.6) is 5.75 Å². The number of methoxy groups -OCH3 is 1. The fraction of sp³-hybridized carbons (Fsp3) is 0.320. The second-order valence-electron chi connectivity index (χ2n) is 8.42. The third kappa shape index (κ3) is 6.22. The molecule has 2 aliphatic rings. The van der Waals surface area contributed by atoms with E-state index < -0.39 is 35.8 Å². The molecule has 1 fully saturated rings. The molecule has 38 heavy (non-hydrogen) atoms. The highest BCUT2D eigenvalue weighted by Gasteiger charge is 2.37. The van der Waals surface area contributed by atoms with Crippen LogP contribution in [0.25, 0.3) is 6.08 Å². The highest BCUT2D eigenvalue weighted by Crippen LogP contribution is 2.41. The first-order valence-electron chi connectivity index (χ1n) is 11.4. The summed E-state index contributed by atoms with van der Waals surface area (Å²) in [5.41, 5.74) is 0.131. The van der Waals surface area contributed by atoms with Crippen molar-refractivity contribution in [1.82, 2.24) is 9.80 Å². The van der Waals surface area contributed by atoms with Crippen molar-refractivity contribution in [3.63, 3.8) is 0 Å². The maximum absolute atomic E-state index is 13.9. The number of aliphatic carboxylic acids is 1. The zero-order chi connectivity index (χ0) is 27.4. The monoisotopic (exact) mass is 552 g/mol. The summed E-state index contributed by atoms with van der Waals surface area (Å²) in [6.45, 7) is 0.0557. The second-order valence-corrected chi connectivity index (χ2v) is 9.53. The van der Waals surface area contributed by atoms with Crippen LogP contribution in [0.15, 0.2) is 52.3 Å². The van der Waals surface area contributed by atoms with Gasteiger partial charge in [-0.15, -0.1) is 0 Å². The van der Waals surface area contributed by atoms with Gasteiger partial charge in [-0.05, 0) is 42.0 Å². The van der Waals surface area contributed by atoms with Crippen molar-refractivity contribution in [3.8, 4) is 5.75 Å². The van der Waals surface area contributed by atoms with E-state index in [9.17, 15) is 32.7 Å². The predicted molar refractivity (Wildman–Crippen MR) is 128 cm³/mol. The summed E-state index contributed by atoms with van der Waals surface area (Å²) >= 11 is 0.963. The minimum absolute atomic E-state index is 0.00265. The number of benzene rings is 2. The summed E-state index contributed by atoms with van der Waals surface area (Å²) in [5.74, 6) is -1.37. The zero-order valence-corrected chi connectivity index (χ0v) is 20.9. The number of piperazine rings is 1. The molecule has 0 spiro atoms. The first kappa shape index (κ1) is 27.3. The Morgan fingerprint density at radius 3 is 2.66 bits per heavy atom. The quantitative estimate of drug-likeness (QED) is 0.437. The lowest BCUT2D eigenvalue weighted by Crippen LogP contribution is -2.59. The van der Waals surface area contributed by atoms with Crippen LogP contribution >= 0.6 is 11.8 Å². The molecule has 1 saturated heterocycles. The van der Waals surface area contributed by atoms with Gasteiger partial charge >= 0.3 is 18.2 Å². The summed E-state index contributed by atoms with van der Waals surface area (Å²) < 4.78 is 46.3. The number of halogens is 3. The molecule has 1 unspecified atom stereocenters. The molecule has 9 nitrogen and oxygen atoms in total. The molecule has 0 aliphatic carbocycles. The topological polar surface area (TPSA) is 106 Å². The minimum Gasteiger partial charge on any atom is -0.480 e. The maximum Gasteiger partial charge on any atom is 0.417 e. The van der Waals surface area contributed by atoms with Gasteiger partial charge in [0.1, 0.15) is 0 Å². The van der Waals surface area contributed by atoms with Gasteiger partial charge in [-0.1, -0.05) is 17.8 Å². The molecule has 2 amide bonds.